The summed E-state index contributed by atoms with van der Waals surface area (Å²) in [6, 6.07) is -1.04. The molecule has 3 heterocycles. The van der Waals surface area contributed by atoms with Crippen molar-refractivity contribution in [2.24, 2.45) is 5.92 Å². The fourth-order valence-electron chi connectivity index (χ4n) is 3.69. The first-order chi connectivity index (χ1) is 14.6. The Morgan fingerprint density at radius 2 is 2.00 bits per heavy atom. The molecule has 3 fully saturated rings. The van der Waals surface area contributed by atoms with Crippen LogP contribution >= 0.6 is 0 Å². The van der Waals surface area contributed by atoms with Crippen LogP contribution in [0.1, 0.15) is 19.3 Å². The lowest BCUT2D eigenvalue weighted by atomic mass is 10.0. The summed E-state index contributed by atoms with van der Waals surface area (Å²) >= 11 is 0. The molecule has 0 aromatic carbocycles. The average Bonchev–Trinajstić information content (AvgIpc) is 3.29. The predicted molar refractivity (Wildman–Crippen MR) is 98.2 cm³/mol. The van der Waals surface area contributed by atoms with E-state index >= 15 is 0 Å². The molecular formula is C15H21N7O8S. The highest BCUT2D eigenvalue weighted by Gasteiger charge is 2.49. The molecule has 0 aromatic heterocycles. The molecule has 3 saturated heterocycles. The van der Waals surface area contributed by atoms with E-state index in [0.717, 1.165) is 4.90 Å². The predicted octanol–water partition coefficient (Wildman–Crippen LogP) is -3.25. The zero-order valence-electron chi connectivity index (χ0n) is 16.1. The van der Waals surface area contributed by atoms with Gasteiger partial charge in [-0.05, 0) is 19.3 Å². The van der Waals surface area contributed by atoms with Crippen molar-refractivity contribution in [2.45, 2.75) is 37.4 Å². The van der Waals surface area contributed by atoms with Crippen LogP contribution in [0.15, 0.2) is 0 Å². The third kappa shape index (κ3) is 5.38. The second-order valence-electron chi connectivity index (χ2n) is 7.29. The van der Waals surface area contributed by atoms with Crippen molar-refractivity contribution in [3.63, 3.8) is 0 Å². The number of hydroxylamine groups is 2. The van der Waals surface area contributed by atoms with Crippen LogP contribution in [0.2, 0.25) is 0 Å². The van der Waals surface area contributed by atoms with Gasteiger partial charge >= 0.3 is 16.4 Å². The Balaban J connectivity index is 1.44. The molecule has 2 bridgehead atoms. The largest absolute Gasteiger partial charge is 0.418 e. The number of hydrogen-bond acceptors (Lipinski definition) is 9. The summed E-state index contributed by atoms with van der Waals surface area (Å²) < 4.78 is 34.8. The van der Waals surface area contributed by atoms with Crippen molar-refractivity contribution >= 4 is 34.2 Å². The maximum absolute atomic E-state index is 12.4. The van der Waals surface area contributed by atoms with E-state index in [1.54, 1.807) is 0 Å². The van der Waals surface area contributed by atoms with E-state index in [2.05, 4.69) is 25.8 Å². The molecule has 15 nitrogen and oxygen atoms in total. The third-order valence-corrected chi connectivity index (χ3v) is 5.53. The molecule has 0 spiro atoms. The normalized spacial score (nSPS) is 27.5. The smallest absolute Gasteiger partial charge is 0.345 e. The van der Waals surface area contributed by atoms with Crippen LogP contribution in [-0.2, 0) is 29.1 Å². The van der Waals surface area contributed by atoms with Crippen molar-refractivity contribution in [1.29, 1.82) is 5.26 Å². The third-order valence-electron chi connectivity index (χ3n) is 5.18. The first kappa shape index (κ1) is 22.7. The summed E-state index contributed by atoms with van der Waals surface area (Å²) in [4.78, 5) is 49.6. The van der Waals surface area contributed by atoms with Gasteiger partial charge < -0.3 is 15.5 Å². The summed E-state index contributed by atoms with van der Waals surface area (Å²) in [6.45, 7) is -0.0826. The van der Waals surface area contributed by atoms with E-state index in [4.69, 9.17) is 9.81 Å². The molecule has 0 aromatic rings. The quantitative estimate of drug-likeness (QED) is 0.198. The first-order valence-corrected chi connectivity index (χ1v) is 10.7. The Kier molecular flexibility index (Phi) is 6.59. The van der Waals surface area contributed by atoms with Crippen molar-refractivity contribution < 1.29 is 36.4 Å². The number of hydrogen-bond donors (Lipinski definition) is 5. The van der Waals surface area contributed by atoms with Gasteiger partial charge in [0, 0.05) is 13.1 Å². The minimum absolute atomic E-state index is 0.0206. The van der Waals surface area contributed by atoms with Gasteiger partial charge in [-0.3, -0.25) is 29.8 Å². The molecule has 5 amide bonds. The van der Waals surface area contributed by atoms with E-state index < -0.39 is 58.8 Å². The number of amides is 5. The highest BCUT2D eigenvalue weighted by atomic mass is 32.3. The fraction of sp³-hybridized carbons (Fsp3) is 0.667. The number of nitrogens with one attached hydrogen (secondary N) is 4. The van der Waals surface area contributed by atoms with E-state index in [1.807, 2.05) is 6.07 Å². The summed E-state index contributed by atoms with van der Waals surface area (Å²) in [6.07, 6.45) is 0.759. The van der Waals surface area contributed by atoms with Crippen LogP contribution < -0.4 is 21.5 Å². The number of urea groups is 1. The van der Waals surface area contributed by atoms with Gasteiger partial charge in [-0.1, -0.05) is 0 Å². The Labute approximate surface area is 176 Å². The van der Waals surface area contributed by atoms with Gasteiger partial charge in [-0.2, -0.15) is 18.7 Å². The van der Waals surface area contributed by atoms with Gasteiger partial charge in [-0.25, -0.2) is 4.79 Å². The van der Waals surface area contributed by atoms with Crippen LogP contribution in [0, 0.1) is 17.2 Å². The van der Waals surface area contributed by atoms with E-state index in [1.165, 1.54) is 0 Å². The SMILES string of the molecule is N#CC1CNC(C(=O)NNC(=O)CNC(=O)[C@@H]2CCC3CN2C(=O)N3OS(=O)(=O)O)C1. The van der Waals surface area contributed by atoms with Gasteiger partial charge in [0.25, 0.3) is 11.8 Å². The van der Waals surface area contributed by atoms with Crippen molar-refractivity contribution in [3.05, 3.63) is 0 Å². The number of carbonyl (C=O) groups is 4. The summed E-state index contributed by atoms with van der Waals surface area (Å²) in [5.74, 6) is -2.16. The average molecular weight is 459 g/mol. The zero-order chi connectivity index (χ0) is 22.8. The highest BCUT2D eigenvalue weighted by molar-refractivity contribution is 7.80. The minimum Gasteiger partial charge on any atom is -0.345 e. The maximum atomic E-state index is 12.4. The van der Waals surface area contributed by atoms with Crippen molar-refractivity contribution in [1.82, 2.24) is 31.4 Å². The molecule has 3 rings (SSSR count). The number of rotatable bonds is 6. The Bertz CT molecular complexity index is 919. The van der Waals surface area contributed by atoms with Gasteiger partial charge in [0.1, 0.15) is 6.04 Å². The number of hydrazine groups is 1. The molecule has 31 heavy (non-hydrogen) atoms. The lowest BCUT2D eigenvalue weighted by molar-refractivity contribution is -0.131. The molecule has 0 saturated carbocycles. The summed E-state index contributed by atoms with van der Waals surface area (Å²) in [5.41, 5.74) is 4.35. The second kappa shape index (κ2) is 9.01. The number of nitriles is 1. The van der Waals surface area contributed by atoms with Gasteiger partial charge in [0.15, 0.2) is 0 Å². The first-order valence-electron chi connectivity index (χ1n) is 9.35. The number of piperidine rings is 1. The summed E-state index contributed by atoms with van der Waals surface area (Å²) in [7, 11) is -4.89. The lowest BCUT2D eigenvalue weighted by Gasteiger charge is -2.29. The van der Waals surface area contributed by atoms with Crippen LogP contribution in [0.3, 0.4) is 0 Å². The standard InChI is InChI=1S/C15H21N7O8S/c16-4-8-3-10(17-5-8)13(24)20-19-12(23)6-18-14(25)11-2-1-9-7-21(11)15(26)22(9)30-31(27,28)29/h8-11,17H,1-3,5-7H2,(H,18,25)(H,19,23)(H,20,24)(H,27,28,29)/t8?,9?,10?,11-/m0/s1. The zero-order valence-corrected chi connectivity index (χ0v) is 16.9. The van der Waals surface area contributed by atoms with Crippen LogP contribution in [0.5, 0.6) is 0 Å². The molecular weight excluding hydrogens is 438 g/mol. The lowest BCUT2D eigenvalue weighted by Crippen LogP contribution is -2.54. The molecule has 0 radical (unpaired) electrons. The number of carbonyl (C=O) groups excluding carboxylic acids is 4. The van der Waals surface area contributed by atoms with Crippen molar-refractivity contribution in [3.8, 4) is 6.07 Å². The fourth-order valence-corrected chi connectivity index (χ4v) is 4.07. The van der Waals surface area contributed by atoms with E-state index in [0.29, 0.717) is 18.0 Å². The Morgan fingerprint density at radius 1 is 1.26 bits per heavy atom. The summed E-state index contributed by atoms with van der Waals surface area (Å²) in [5, 5.41) is 14.5. The highest BCUT2D eigenvalue weighted by Crippen LogP contribution is 2.30. The van der Waals surface area contributed by atoms with Crippen LogP contribution in [0.4, 0.5) is 4.79 Å². The molecule has 170 valence electrons. The molecule has 16 heteroatoms. The molecule has 5 N–H and O–H groups in total. The monoisotopic (exact) mass is 459 g/mol. The van der Waals surface area contributed by atoms with Crippen molar-refractivity contribution in [2.75, 3.05) is 19.6 Å². The molecule has 3 aliphatic heterocycles. The van der Waals surface area contributed by atoms with Crippen LogP contribution in [0.25, 0.3) is 0 Å². The number of fused-ring (bicyclic) bond motifs is 2. The molecule has 3 unspecified atom stereocenters. The second-order valence-corrected chi connectivity index (χ2v) is 8.29. The Morgan fingerprint density at radius 3 is 2.65 bits per heavy atom. The Hall–Kier alpha value is -3.00. The maximum Gasteiger partial charge on any atom is 0.418 e. The minimum atomic E-state index is -4.89. The van der Waals surface area contributed by atoms with Crippen LogP contribution in [-0.4, -0.2) is 84.4 Å². The molecule has 0 aliphatic carbocycles. The molecule has 3 aliphatic rings. The number of nitrogens with zero attached hydrogens (tertiary/aromatic N) is 3. The van der Waals surface area contributed by atoms with Gasteiger partial charge in [0.05, 0.1) is 30.6 Å². The van der Waals surface area contributed by atoms with Gasteiger partial charge in [0.2, 0.25) is 5.91 Å². The molecule has 4 atom stereocenters. The van der Waals surface area contributed by atoms with Gasteiger partial charge in [-0.15, -0.1) is 4.28 Å². The topological polar surface area (TPSA) is 210 Å². The van der Waals surface area contributed by atoms with E-state index in [9.17, 15) is 27.6 Å². The van der Waals surface area contributed by atoms with E-state index in [-0.39, 0.29) is 25.3 Å².